The average Bonchev–Trinajstić information content (AvgIpc) is 3.23. The Morgan fingerprint density at radius 3 is 2.32 bits per heavy atom. The number of esters is 2. The zero-order valence-corrected chi connectivity index (χ0v) is 13.2. The third-order valence-corrected chi connectivity index (χ3v) is 4.81. The molecule has 22 heavy (non-hydrogen) atoms. The van der Waals surface area contributed by atoms with Crippen molar-refractivity contribution in [3.63, 3.8) is 0 Å². The first-order valence-electron chi connectivity index (χ1n) is 7.19. The molecule has 5 nitrogen and oxygen atoms in total. The summed E-state index contributed by atoms with van der Waals surface area (Å²) in [7, 11) is 4.57. The Labute approximate surface area is 128 Å². The molecule has 1 fully saturated rings. The topological polar surface area (TPSA) is 57.5 Å². The van der Waals surface area contributed by atoms with Crippen LogP contribution in [0.4, 0.5) is 0 Å². The monoisotopic (exact) mass is 301 g/mol. The van der Waals surface area contributed by atoms with Crippen LogP contribution in [0.25, 0.3) is 10.9 Å². The highest BCUT2D eigenvalue weighted by molar-refractivity contribution is 6.05. The lowest BCUT2D eigenvalue weighted by atomic mass is 10.00. The van der Waals surface area contributed by atoms with E-state index in [4.69, 9.17) is 9.47 Å². The van der Waals surface area contributed by atoms with Crippen molar-refractivity contribution in [2.75, 3.05) is 14.2 Å². The number of hydrogen-bond donors (Lipinski definition) is 0. The molecule has 0 spiro atoms. The number of rotatable bonds is 3. The van der Waals surface area contributed by atoms with Crippen LogP contribution in [0.5, 0.6) is 0 Å². The molecule has 3 rings (SSSR count). The molecule has 0 saturated heterocycles. The predicted molar refractivity (Wildman–Crippen MR) is 81.5 cm³/mol. The largest absolute Gasteiger partial charge is 0.468 e. The van der Waals surface area contributed by atoms with Crippen LogP contribution in [0.3, 0.4) is 0 Å². The van der Waals surface area contributed by atoms with Crippen molar-refractivity contribution in [3.8, 4) is 0 Å². The van der Waals surface area contributed by atoms with Crippen molar-refractivity contribution in [3.05, 3.63) is 35.5 Å². The first-order chi connectivity index (χ1) is 10.5. The number of methoxy groups -OCH3 is 2. The molecule has 1 saturated carbocycles. The van der Waals surface area contributed by atoms with Gasteiger partial charge in [-0.1, -0.05) is 18.2 Å². The van der Waals surface area contributed by atoms with E-state index in [9.17, 15) is 9.59 Å². The van der Waals surface area contributed by atoms with Gasteiger partial charge in [-0.05, 0) is 25.0 Å². The average molecular weight is 301 g/mol. The molecule has 1 aromatic heterocycles. The van der Waals surface area contributed by atoms with Gasteiger partial charge in [-0.3, -0.25) is 9.59 Å². The number of aromatic nitrogens is 1. The van der Waals surface area contributed by atoms with Gasteiger partial charge in [0.05, 0.1) is 14.2 Å². The van der Waals surface area contributed by atoms with Crippen LogP contribution < -0.4 is 0 Å². The lowest BCUT2D eigenvalue weighted by Crippen LogP contribution is -2.30. The van der Waals surface area contributed by atoms with E-state index in [1.807, 2.05) is 32.2 Å². The zero-order valence-electron chi connectivity index (χ0n) is 13.2. The van der Waals surface area contributed by atoms with Crippen LogP contribution in [-0.4, -0.2) is 30.7 Å². The SMILES string of the molecule is COC(=O)C1(C(=O)OC)CC1c1c(C)c2ccccc2n1C. The highest BCUT2D eigenvalue weighted by Crippen LogP contribution is 2.62. The van der Waals surface area contributed by atoms with E-state index in [-0.39, 0.29) is 5.92 Å². The number of para-hydroxylation sites is 1. The maximum absolute atomic E-state index is 12.2. The highest BCUT2D eigenvalue weighted by Gasteiger charge is 2.69. The van der Waals surface area contributed by atoms with E-state index >= 15 is 0 Å². The molecule has 0 aliphatic heterocycles. The minimum atomic E-state index is -1.20. The maximum atomic E-state index is 12.2. The first-order valence-corrected chi connectivity index (χ1v) is 7.19. The van der Waals surface area contributed by atoms with Gasteiger partial charge in [0.2, 0.25) is 0 Å². The van der Waals surface area contributed by atoms with Gasteiger partial charge in [-0.2, -0.15) is 0 Å². The van der Waals surface area contributed by atoms with E-state index in [0.717, 1.165) is 22.2 Å². The van der Waals surface area contributed by atoms with Crippen LogP contribution in [0.1, 0.15) is 23.6 Å². The van der Waals surface area contributed by atoms with Crippen LogP contribution in [0.15, 0.2) is 24.3 Å². The Hall–Kier alpha value is -2.30. The van der Waals surface area contributed by atoms with E-state index in [1.54, 1.807) is 0 Å². The molecule has 1 aromatic carbocycles. The van der Waals surface area contributed by atoms with Gasteiger partial charge in [0.25, 0.3) is 0 Å². The fourth-order valence-electron chi connectivity index (χ4n) is 3.59. The Morgan fingerprint density at radius 1 is 1.18 bits per heavy atom. The van der Waals surface area contributed by atoms with Crippen molar-refractivity contribution in [2.24, 2.45) is 12.5 Å². The van der Waals surface area contributed by atoms with Crippen molar-refractivity contribution >= 4 is 22.8 Å². The van der Waals surface area contributed by atoms with Gasteiger partial charge < -0.3 is 14.0 Å². The number of carbonyl (C=O) groups is 2. The lowest BCUT2D eigenvalue weighted by Gasteiger charge is -2.13. The predicted octanol–water partition coefficient (Wildman–Crippen LogP) is 2.31. The van der Waals surface area contributed by atoms with Crippen LogP contribution in [0.2, 0.25) is 0 Å². The molecule has 1 aliphatic carbocycles. The number of ether oxygens (including phenoxy) is 2. The van der Waals surface area contributed by atoms with Gasteiger partial charge in [-0.25, -0.2) is 0 Å². The third kappa shape index (κ3) is 1.71. The minimum Gasteiger partial charge on any atom is -0.468 e. The molecule has 0 N–H and O–H groups in total. The summed E-state index contributed by atoms with van der Waals surface area (Å²) in [6.45, 7) is 2.02. The van der Waals surface area contributed by atoms with Crippen molar-refractivity contribution in [1.29, 1.82) is 0 Å². The Kier molecular flexibility index (Phi) is 3.24. The summed E-state index contributed by atoms with van der Waals surface area (Å²) in [6, 6.07) is 8.05. The van der Waals surface area contributed by atoms with Crippen molar-refractivity contribution < 1.29 is 19.1 Å². The summed E-state index contributed by atoms with van der Waals surface area (Å²) in [5.74, 6) is -1.24. The van der Waals surface area contributed by atoms with Crippen LogP contribution >= 0.6 is 0 Å². The number of fused-ring (bicyclic) bond motifs is 1. The number of nitrogens with zero attached hydrogens (tertiary/aromatic N) is 1. The molecule has 0 radical (unpaired) electrons. The van der Waals surface area contributed by atoms with Gasteiger partial charge in [0.1, 0.15) is 0 Å². The molecular weight excluding hydrogens is 282 g/mol. The summed E-state index contributed by atoms with van der Waals surface area (Å²) in [4.78, 5) is 24.4. The van der Waals surface area contributed by atoms with E-state index in [2.05, 4.69) is 10.6 Å². The summed E-state index contributed by atoms with van der Waals surface area (Å²) >= 11 is 0. The van der Waals surface area contributed by atoms with Gasteiger partial charge >= 0.3 is 11.9 Å². The molecule has 0 bridgehead atoms. The molecule has 2 aromatic rings. The fourth-order valence-corrected chi connectivity index (χ4v) is 3.59. The quantitative estimate of drug-likeness (QED) is 0.645. The van der Waals surface area contributed by atoms with Crippen molar-refractivity contribution in [1.82, 2.24) is 4.57 Å². The molecule has 1 atom stereocenters. The fraction of sp³-hybridized carbons (Fsp3) is 0.412. The normalized spacial score (nSPS) is 19.0. The van der Waals surface area contributed by atoms with E-state index in [1.165, 1.54) is 14.2 Å². The number of hydrogen-bond acceptors (Lipinski definition) is 4. The Bertz CT molecular complexity index is 719. The standard InChI is InChI=1S/C17H19NO4/c1-10-11-7-5-6-8-13(11)18(2)14(10)12-9-17(12,15(19)21-3)16(20)22-4/h5-8,12H,9H2,1-4H3. The van der Waals surface area contributed by atoms with Crippen LogP contribution in [0, 0.1) is 12.3 Å². The maximum Gasteiger partial charge on any atom is 0.323 e. The van der Waals surface area contributed by atoms with Gasteiger partial charge in [0, 0.05) is 29.6 Å². The molecular formula is C17H19NO4. The number of benzene rings is 1. The molecule has 5 heteroatoms. The summed E-state index contributed by atoms with van der Waals surface area (Å²) < 4.78 is 11.8. The van der Waals surface area contributed by atoms with E-state index in [0.29, 0.717) is 6.42 Å². The highest BCUT2D eigenvalue weighted by atomic mass is 16.5. The zero-order chi connectivity index (χ0) is 16.1. The van der Waals surface area contributed by atoms with Gasteiger partial charge in [-0.15, -0.1) is 0 Å². The van der Waals surface area contributed by atoms with Gasteiger partial charge in [0.15, 0.2) is 5.41 Å². The molecule has 0 amide bonds. The van der Waals surface area contributed by atoms with Crippen LogP contribution in [-0.2, 0) is 26.1 Å². The molecule has 1 aliphatic rings. The minimum absolute atomic E-state index is 0.204. The summed E-state index contributed by atoms with van der Waals surface area (Å²) in [5, 5.41) is 1.13. The number of carbonyl (C=O) groups excluding carboxylic acids is 2. The number of aryl methyl sites for hydroxylation is 2. The third-order valence-electron chi connectivity index (χ3n) is 4.81. The summed E-state index contributed by atoms with van der Waals surface area (Å²) in [6.07, 6.45) is 0.428. The molecule has 1 heterocycles. The smallest absolute Gasteiger partial charge is 0.323 e. The first kappa shape index (κ1) is 14.6. The molecule has 116 valence electrons. The lowest BCUT2D eigenvalue weighted by molar-refractivity contribution is -0.161. The Morgan fingerprint density at radius 2 is 1.77 bits per heavy atom. The Balaban J connectivity index is 2.14. The second-order valence-corrected chi connectivity index (χ2v) is 5.80. The molecule has 1 unspecified atom stereocenters. The summed E-state index contributed by atoms with van der Waals surface area (Å²) in [5.41, 5.74) is 1.98. The van der Waals surface area contributed by atoms with E-state index < -0.39 is 17.4 Å². The second-order valence-electron chi connectivity index (χ2n) is 5.80. The van der Waals surface area contributed by atoms with Crippen molar-refractivity contribution in [2.45, 2.75) is 19.3 Å². The second kappa shape index (κ2) is 4.87.